The number of hydrogen-bond acceptors (Lipinski definition) is 5. The quantitative estimate of drug-likeness (QED) is 0.631. The SMILES string of the molecule is Cc1nc([N+](=O)[O-])c(N(C)c2ccccc2C#N)n1C. The summed E-state index contributed by atoms with van der Waals surface area (Å²) < 4.78 is 1.63. The molecule has 1 heterocycles. The molecular weight excluding hydrogens is 258 g/mol. The Morgan fingerprint density at radius 2 is 2.10 bits per heavy atom. The van der Waals surface area contributed by atoms with Crippen molar-refractivity contribution in [1.82, 2.24) is 9.55 Å². The molecule has 0 fully saturated rings. The van der Waals surface area contributed by atoms with Gasteiger partial charge in [0.25, 0.3) is 0 Å². The van der Waals surface area contributed by atoms with Crippen LogP contribution in [0.15, 0.2) is 24.3 Å². The van der Waals surface area contributed by atoms with Gasteiger partial charge in [-0.25, -0.2) is 0 Å². The maximum absolute atomic E-state index is 11.1. The van der Waals surface area contributed by atoms with Gasteiger partial charge in [0.2, 0.25) is 11.6 Å². The number of aryl methyl sites for hydroxylation is 1. The van der Waals surface area contributed by atoms with Crippen LogP contribution in [0, 0.1) is 28.4 Å². The summed E-state index contributed by atoms with van der Waals surface area (Å²) in [5.74, 6) is 0.656. The lowest BCUT2D eigenvalue weighted by Crippen LogP contribution is -2.16. The largest absolute Gasteiger partial charge is 0.407 e. The van der Waals surface area contributed by atoms with Crippen LogP contribution in [0.5, 0.6) is 0 Å². The first kappa shape index (κ1) is 13.5. The van der Waals surface area contributed by atoms with Gasteiger partial charge < -0.3 is 15.0 Å². The second-order valence-corrected chi connectivity index (χ2v) is 4.31. The van der Waals surface area contributed by atoms with Gasteiger partial charge in [-0.1, -0.05) is 12.1 Å². The third-order valence-corrected chi connectivity index (χ3v) is 3.15. The third kappa shape index (κ3) is 2.07. The Morgan fingerprint density at radius 3 is 2.70 bits per heavy atom. The van der Waals surface area contributed by atoms with E-state index in [1.54, 1.807) is 54.8 Å². The monoisotopic (exact) mass is 271 g/mol. The van der Waals surface area contributed by atoms with Crippen molar-refractivity contribution in [3.8, 4) is 6.07 Å². The number of imidazole rings is 1. The number of hydrogen-bond donors (Lipinski definition) is 0. The summed E-state index contributed by atoms with van der Waals surface area (Å²) in [6.07, 6.45) is 0. The fraction of sp³-hybridized carbons (Fsp3) is 0.231. The number of nitro groups is 1. The molecule has 0 unspecified atom stereocenters. The molecule has 0 saturated carbocycles. The second kappa shape index (κ2) is 5.01. The van der Waals surface area contributed by atoms with Crippen LogP contribution < -0.4 is 4.90 Å². The highest BCUT2D eigenvalue weighted by Crippen LogP contribution is 2.33. The van der Waals surface area contributed by atoms with Crippen LogP contribution in [0.1, 0.15) is 11.4 Å². The molecule has 1 aromatic carbocycles. The molecule has 2 rings (SSSR count). The van der Waals surface area contributed by atoms with Crippen molar-refractivity contribution < 1.29 is 4.92 Å². The van der Waals surface area contributed by atoms with Crippen LogP contribution >= 0.6 is 0 Å². The average molecular weight is 271 g/mol. The van der Waals surface area contributed by atoms with Crippen molar-refractivity contribution in [1.29, 1.82) is 5.26 Å². The van der Waals surface area contributed by atoms with E-state index in [0.717, 1.165) is 0 Å². The van der Waals surface area contributed by atoms with Crippen molar-refractivity contribution in [2.45, 2.75) is 6.92 Å². The Hall–Kier alpha value is -2.88. The van der Waals surface area contributed by atoms with Gasteiger partial charge in [0, 0.05) is 21.0 Å². The van der Waals surface area contributed by atoms with Gasteiger partial charge in [-0.05, 0) is 22.0 Å². The summed E-state index contributed by atoms with van der Waals surface area (Å²) >= 11 is 0. The van der Waals surface area contributed by atoms with Crippen LogP contribution in [-0.2, 0) is 7.05 Å². The third-order valence-electron chi connectivity index (χ3n) is 3.15. The van der Waals surface area contributed by atoms with Crippen molar-refractivity contribution >= 4 is 17.3 Å². The zero-order valence-corrected chi connectivity index (χ0v) is 11.4. The van der Waals surface area contributed by atoms with E-state index in [1.807, 2.05) is 0 Å². The first-order valence-electron chi connectivity index (χ1n) is 5.88. The Bertz CT molecular complexity index is 714. The maximum atomic E-state index is 11.1. The zero-order valence-electron chi connectivity index (χ0n) is 11.4. The molecule has 102 valence electrons. The molecule has 2 aromatic rings. The molecule has 0 N–H and O–H groups in total. The Labute approximate surface area is 115 Å². The molecule has 20 heavy (non-hydrogen) atoms. The summed E-state index contributed by atoms with van der Waals surface area (Å²) in [5.41, 5.74) is 1.05. The van der Waals surface area contributed by atoms with E-state index in [4.69, 9.17) is 5.26 Å². The lowest BCUT2D eigenvalue weighted by Gasteiger charge is -2.19. The van der Waals surface area contributed by atoms with Crippen LogP contribution in [0.2, 0.25) is 0 Å². The average Bonchev–Trinajstić information content (AvgIpc) is 2.74. The predicted molar refractivity (Wildman–Crippen MR) is 73.8 cm³/mol. The molecule has 0 saturated heterocycles. The molecule has 0 bridgehead atoms. The number of anilines is 2. The number of rotatable bonds is 3. The second-order valence-electron chi connectivity index (χ2n) is 4.31. The van der Waals surface area contributed by atoms with E-state index in [2.05, 4.69) is 11.1 Å². The first-order valence-corrected chi connectivity index (χ1v) is 5.88. The van der Waals surface area contributed by atoms with E-state index in [9.17, 15) is 10.1 Å². The van der Waals surface area contributed by atoms with E-state index in [0.29, 0.717) is 22.9 Å². The van der Waals surface area contributed by atoms with Crippen LogP contribution in [0.4, 0.5) is 17.3 Å². The van der Waals surface area contributed by atoms with E-state index >= 15 is 0 Å². The van der Waals surface area contributed by atoms with E-state index < -0.39 is 4.92 Å². The summed E-state index contributed by atoms with van der Waals surface area (Å²) in [5, 5.41) is 20.2. The lowest BCUT2D eigenvalue weighted by molar-refractivity contribution is -0.388. The Morgan fingerprint density at radius 1 is 1.45 bits per heavy atom. The molecule has 0 aliphatic rings. The van der Waals surface area contributed by atoms with Gasteiger partial charge in [0.05, 0.1) is 11.3 Å². The molecule has 1 aromatic heterocycles. The van der Waals surface area contributed by atoms with Gasteiger partial charge in [-0.3, -0.25) is 4.57 Å². The van der Waals surface area contributed by atoms with Crippen LogP contribution in [0.25, 0.3) is 0 Å². The van der Waals surface area contributed by atoms with Crippen LogP contribution in [0.3, 0.4) is 0 Å². The van der Waals surface area contributed by atoms with Gasteiger partial charge in [-0.15, -0.1) is 0 Å². The number of nitriles is 1. The molecule has 0 aliphatic carbocycles. The highest BCUT2D eigenvalue weighted by molar-refractivity contribution is 5.71. The number of para-hydroxylation sites is 1. The molecule has 0 atom stereocenters. The Balaban J connectivity index is 2.62. The summed E-state index contributed by atoms with van der Waals surface area (Å²) in [6.45, 7) is 1.69. The summed E-state index contributed by atoms with van der Waals surface area (Å²) in [7, 11) is 3.38. The minimum atomic E-state index is -0.520. The predicted octanol–water partition coefficient (Wildman–Crippen LogP) is 2.28. The van der Waals surface area contributed by atoms with Crippen molar-refractivity contribution in [2.75, 3.05) is 11.9 Å². The highest BCUT2D eigenvalue weighted by Gasteiger charge is 2.28. The van der Waals surface area contributed by atoms with Crippen molar-refractivity contribution in [2.24, 2.45) is 7.05 Å². The van der Waals surface area contributed by atoms with Gasteiger partial charge in [-0.2, -0.15) is 5.26 Å². The van der Waals surface area contributed by atoms with Crippen LogP contribution in [-0.4, -0.2) is 21.5 Å². The Kier molecular flexibility index (Phi) is 3.39. The van der Waals surface area contributed by atoms with E-state index in [-0.39, 0.29) is 5.82 Å². The van der Waals surface area contributed by atoms with Gasteiger partial charge in [0.1, 0.15) is 6.07 Å². The minimum Gasteiger partial charge on any atom is -0.358 e. The molecule has 7 nitrogen and oxygen atoms in total. The first-order chi connectivity index (χ1) is 9.47. The van der Waals surface area contributed by atoms with Gasteiger partial charge >= 0.3 is 5.82 Å². The molecule has 0 amide bonds. The van der Waals surface area contributed by atoms with Crippen molar-refractivity contribution in [3.63, 3.8) is 0 Å². The number of aromatic nitrogens is 2. The molecular formula is C13H13N5O2. The number of nitrogens with zero attached hydrogens (tertiary/aromatic N) is 5. The molecule has 0 aliphatic heterocycles. The molecule has 7 heteroatoms. The van der Waals surface area contributed by atoms with E-state index in [1.165, 1.54) is 0 Å². The standard InChI is InChI=1S/C13H13N5O2/c1-9-15-12(18(19)20)13(16(9)2)17(3)11-7-5-4-6-10(11)8-14/h4-7H,1-3H3. The lowest BCUT2D eigenvalue weighted by atomic mass is 10.2. The summed E-state index contributed by atoms with van der Waals surface area (Å²) in [6, 6.07) is 9.02. The van der Waals surface area contributed by atoms with Crippen molar-refractivity contribution in [3.05, 3.63) is 45.8 Å². The summed E-state index contributed by atoms with van der Waals surface area (Å²) in [4.78, 5) is 16.2. The normalized spacial score (nSPS) is 10.1. The fourth-order valence-electron chi connectivity index (χ4n) is 2.05. The zero-order chi connectivity index (χ0) is 14.9. The highest BCUT2D eigenvalue weighted by atomic mass is 16.6. The maximum Gasteiger partial charge on any atom is 0.407 e. The minimum absolute atomic E-state index is 0.222. The smallest absolute Gasteiger partial charge is 0.358 e. The number of benzene rings is 1. The fourth-order valence-corrected chi connectivity index (χ4v) is 2.05. The molecule has 0 radical (unpaired) electrons. The molecule has 0 spiro atoms. The van der Waals surface area contributed by atoms with Gasteiger partial charge in [0.15, 0.2) is 0 Å². The topological polar surface area (TPSA) is 88.0 Å².